The average molecular weight is 388 g/mol. The van der Waals surface area contributed by atoms with Crippen LogP contribution in [0.15, 0.2) is 42.5 Å². The molecule has 1 aliphatic carbocycles. The number of aromatic nitrogens is 1. The van der Waals surface area contributed by atoms with Gasteiger partial charge in [-0.1, -0.05) is 0 Å². The van der Waals surface area contributed by atoms with Gasteiger partial charge in [-0.3, -0.25) is 4.79 Å². The lowest BCUT2D eigenvalue weighted by Gasteiger charge is -2.28. The summed E-state index contributed by atoms with van der Waals surface area (Å²) in [6.45, 7) is 0. The highest BCUT2D eigenvalue weighted by Gasteiger charge is 2.23. The molecule has 3 aromatic rings. The van der Waals surface area contributed by atoms with E-state index in [9.17, 15) is 9.18 Å². The number of halogens is 2. The van der Waals surface area contributed by atoms with E-state index < -0.39 is 0 Å². The Balaban J connectivity index is 0.00000210. The molecule has 2 N–H and O–H groups in total. The fourth-order valence-corrected chi connectivity index (χ4v) is 3.72. The number of benzene rings is 2. The number of hydrogen-bond donors (Lipinski definition) is 2. The van der Waals surface area contributed by atoms with Crippen molar-refractivity contribution in [1.29, 1.82) is 0 Å². The fraction of sp³-hybridized carbons (Fsp3) is 0.286. The van der Waals surface area contributed by atoms with E-state index in [1.54, 1.807) is 0 Å². The van der Waals surface area contributed by atoms with Gasteiger partial charge < -0.3 is 15.2 Å². The summed E-state index contributed by atoms with van der Waals surface area (Å²) in [7, 11) is 4.25. The van der Waals surface area contributed by atoms with Crippen LogP contribution in [0.1, 0.15) is 28.0 Å². The van der Waals surface area contributed by atoms with E-state index in [0.717, 1.165) is 30.5 Å². The number of amides is 1. The van der Waals surface area contributed by atoms with Crippen molar-refractivity contribution in [2.24, 2.45) is 0 Å². The Morgan fingerprint density at radius 2 is 1.93 bits per heavy atom. The summed E-state index contributed by atoms with van der Waals surface area (Å²) in [5, 5.41) is 4.08. The van der Waals surface area contributed by atoms with Gasteiger partial charge in [-0.15, -0.1) is 12.4 Å². The average Bonchev–Trinajstić information content (AvgIpc) is 2.99. The third-order valence-corrected chi connectivity index (χ3v) is 5.26. The second-order valence-electron chi connectivity index (χ2n) is 7.16. The van der Waals surface area contributed by atoms with Crippen LogP contribution in [0, 0.1) is 5.82 Å². The summed E-state index contributed by atoms with van der Waals surface area (Å²) >= 11 is 0. The first kappa shape index (κ1) is 19.4. The van der Waals surface area contributed by atoms with Gasteiger partial charge in [0.25, 0.3) is 5.91 Å². The second kappa shape index (κ2) is 7.71. The van der Waals surface area contributed by atoms with E-state index in [2.05, 4.69) is 29.3 Å². The van der Waals surface area contributed by atoms with Crippen LogP contribution in [0.25, 0.3) is 10.9 Å². The molecule has 0 radical (unpaired) electrons. The van der Waals surface area contributed by atoms with Crippen molar-refractivity contribution in [3.63, 3.8) is 0 Å². The Morgan fingerprint density at radius 3 is 2.63 bits per heavy atom. The number of anilines is 1. The normalized spacial score (nSPS) is 16.1. The van der Waals surface area contributed by atoms with Gasteiger partial charge in [-0.25, -0.2) is 4.39 Å². The molecular formula is C21H23ClFN3O. The lowest BCUT2D eigenvalue weighted by atomic mass is 9.91. The molecule has 0 saturated heterocycles. The predicted octanol–water partition coefficient (Wildman–Crippen LogP) is 4.40. The van der Waals surface area contributed by atoms with E-state index in [0.29, 0.717) is 11.6 Å². The molecule has 0 aliphatic heterocycles. The number of hydrogen-bond acceptors (Lipinski definition) is 2. The van der Waals surface area contributed by atoms with Gasteiger partial charge >= 0.3 is 0 Å². The minimum atomic E-state index is -0.350. The highest BCUT2D eigenvalue weighted by atomic mass is 35.5. The standard InChI is InChI=1S/C21H22FN3O.ClH/c1-25(2)16-8-10-20-18(12-16)17-11-15(7-9-19(17)24-20)23-21(26)13-3-5-14(22)6-4-13;/h3-7,9,11,16,24H,8,10,12H2,1-2H3,(H,23,26);1H/t16-;/m0./s1. The molecule has 27 heavy (non-hydrogen) atoms. The number of nitrogens with one attached hydrogen (secondary N) is 2. The summed E-state index contributed by atoms with van der Waals surface area (Å²) in [5.74, 6) is -0.586. The zero-order chi connectivity index (χ0) is 18.3. The second-order valence-corrected chi connectivity index (χ2v) is 7.16. The van der Waals surface area contributed by atoms with Crippen molar-refractivity contribution in [3.05, 3.63) is 65.1 Å². The summed E-state index contributed by atoms with van der Waals surface area (Å²) in [6, 6.07) is 12.0. The number of nitrogens with zero attached hydrogens (tertiary/aromatic N) is 1. The van der Waals surface area contributed by atoms with Crippen LogP contribution < -0.4 is 5.32 Å². The van der Waals surface area contributed by atoms with E-state index in [-0.39, 0.29) is 24.1 Å². The number of fused-ring (bicyclic) bond motifs is 3. The Hall–Kier alpha value is -2.37. The summed E-state index contributed by atoms with van der Waals surface area (Å²) in [4.78, 5) is 18.2. The zero-order valence-corrected chi connectivity index (χ0v) is 16.2. The van der Waals surface area contributed by atoms with Crippen molar-refractivity contribution in [3.8, 4) is 0 Å². The minimum absolute atomic E-state index is 0. The fourth-order valence-electron chi connectivity index (χ4n) is 3.72. The largest absolute Gasteiger partial charge is 0.358 e. The molecule has 1 aromatic heterocycles. The van der Waals surface area contributed by atoms with Crippen LogP contribution in [0.2, 0.25) is 0 Å². The Labute approximate surface area is 164 Å². The zero-order valence-electron chi connectivity index (χ0n) is 15.4. The molecule has 0 saturated carbocycles. The number of aromatic amines is 1. The van der Waals surface area contributed by atoms with Crippen LogP contribution in [0.4, 0.5) is 10.1 Å². The minimum Gasteiger partial charge on any atom is -0.358 e. The van der Waals surface area contributed by atoms with E-state index >= 15 is 0 Å². The lowest BCUT2D eigenvalue weighted by Crippen LogP contribution is -2.33. The van der Waals surface area contributed by atoms with Crippen LogP contribution in [-0.4, -0.2) is 35.9 Å². The smallest absolute Gasteiger partial charge is 0.255 e. The van der Waals surface area contributed by atoms with Gasteiger partial charge in [0.2, 0.25) is 0 Å². The van der Waals surface area contributed by atoms with Crippen LogP contribution in [-0.2, 0) is 12.8 Å². The summed E-state index contributed by atoms with van der Waals surface area (Å²) in [6.07, 6.45) is 3.21. The number of H-pyrrole nitrogens is 1. The maximum atomic E-state index is 13.0. The van der Waals surface area contributed by atoms with Crippen molar-refractivity contribution in [2.45, 2.75) is 25.3 Å². The highest BCUT2D eigenvalue weighted by molar-refractivity contribution is 6.05. The van der Waals surface area contributed by atoms with Crippen LogP contribution in [0.5, 0.6) is 0 Å². The molecule has 4 rings (SSSR count). The number of rotatable bonds is 3. The highest BCUT2D eigenvalue weighted by Crippen LogP contribution is 2.32. The first-order chi connectivity index (χ1) is 12.5. The molecule has 0 fully saturated rings. The van der Waals surface area contributed by atoms with Crippen molar-refractivity contribution in [2.75, 3.05) is 19.4 Å². The third kappa shape index (κ3) is 3.84. The quantitative estimate of drug-likeness (QED) is 0.699. The molecule has 1 aliphatic rings. The molecule has 0 spiro atoms. The van der Waals surface area contributed by atoms with E-state index in [1.807, 2.05) is 18.2 Å². The number of carbonyl (C=O) groups excluding carboxylic acids is 1. The number of likely N-dealkylation sites (N-methyl/N-ethyl adjacent to an activating group) is 1. The van der Waals surface area contributed by atoms with E-state index in [4.69, 9.17) is 0 Å². The van der Waals surface area contributed by atoms with Gasteiger partial charge in [-0.05, 0) is 81.4 Å². The molecule has 1 amide bonds. The Kier molecular flexibility index (Phi) is 5.53. The van der Waals surface area contributed by atoms with Gasteiger partial charge in [0.1, 0.15) is 5.82 Å². The van der Waals surface area contributed by atoms with Gasteiger partial charge in [0, 0.05) is 33.9 Å². The van der Waals surface area contributed by atoms with Crippen LogP contribution >= 0.6 is 12.4 Å². The Morgan fingerprint density at radius 1 is 1.19 bits per heavy atom. The van der Waals surface area contributed by atoms with Gasteiger partial charge in [0.05, 0.1) is 0 Å². The summed E-state index contributed by atoms with van der Waals surface area (Å²) in [5.41, 5.74) is 4.95. The molecule has 6 heteroatoms. The topological polar surface area (TPSA) is 48.1 Å². The first-order valence-corrected chi connectivity index (χ1v) is 8.88. The molecule has 1 atom stereocenters. The van der Waals surface area contributed by atoms with Crippen molar-refractivity contribution < 1.29 is 9.18 Å². The SMILES string of the molecule is CN(C)[C@H]1CCc2[nH]c3ccc(NC(=O)c4ccc(F)cc4)cc3c2C1.Cl. The first-order valence-electron chi connectivity index (χ1n) is 8.88. The van der Waals surface area contributed by atoms with Crippen LogP contribution in [0.3, 0.4) is 0 Å². The van der Waals surface area contributed by atoms with Crippen molar-refractivity contribution in [1.82, 2.24) is 9.88 Å². The lowest BCUT2D eigenvalue weighted by molar-refractivity contribution is 0.102. The molecule has 1 heterocycles. The molecular weight excluding hydrogens is 365 g/mol. The van der Waals surface area contributed by atoms with Gasteiger partial charge in [0.15, 0.2) is 0 Å². The Bertz CT molecular complexity index is 965. The maximum absolute atomic E-state index is 13.0. The maximum Gasteiger partial charge on any atom is 0.255 e. The number of aryl methyl sites for hydroxylation is 1. The molecule has 4 nitrogen and oxygen atoms in total. The monoisotopic (exact) mass is 387 g/mol. The summed E-state index contributed by atoms with van der Waals surface area (Å²) < 4.78 is 13.0. The van der Waals surface area contributed by atoms with Crippen molar-refractivity contribution >= 4 is 34.9 Å². The third-order valence-electron chi connectivity index (χ3n) is 5.26. The molecule has 0 bridgehead atoms. The van der Waals surface area contributed by atoms with Gasteiger partial charge in [-0.2, -0.15) is 0 Å². The molecule has 2 aromatic carbocycles. The number of carbonyl (C=O) groups is 1. The predicted molar refractivity (Wildman–Crippen MR) is 109 cm³/mol. The molecule has 142 valence electrons. The molecule has 0 unspecified atom stereocenters. The van der Waals surface area contributed by atoms with E-state index in [1.165, 1.54) is 40.9 Å².